The van der Waals surface area contributed by atoms with E-state index < -0.39 is 0 Å². The molecule has 0 aromatic heterocycles. The van der Waals surface area contributed by atoms with E-state index in [4.69, 9.17) is 28.3 Å². The molecule has 2 amide bonds. The van der Waals surface area contributed by atoms with Crippen molar-refractivity contribution in [1.82, 2.24) is 5.32 Å². The van der Waals surface area contributed by atoms with Crippen molar-refractivity contribution >= 4 is 34.9 Å². The second-order valence-electron chi connectivity index (χ2n) is 4.08. The highest BCUT2D eigenvalue weighted by Crippen LogP contribution is 2.23. The van der Waals surface area contributed by atoms with Crippen molar-refractivity contribution < 1.29 is 9.90 Å². The monoisotopic (exact) mass is 274 g/mol. The smallest absolute Gasteiger partial charge is 0.319 e. The summed E-state index contributed by atoms with van der Waals surface area (Å²) in [7, 11) is 0. The van der Waals surface area contributed by atoms with E-state index in [0.717, 1.165) is 0 Å². The highest BCUT2D eigenvalue weighted by molar-refractivity contribution is 6.35. The lowest BCUT2D eigenvalue weighted by atomic mass is 9.90. The molecule has 1 aliphatic rings. The lowest BCUT2D eigenvalue weighted by Gasteiger charge is -2.31. The minimum atomic E-state index is -0.319. The zero-order chi connectivity index (χ0) is 12.4. The summed E-state index contributed by atoms with van der Waals surface area (Å²) in [5, 5.41) is 15.4. The van der Waals surface area contributed by atoms with E-state index in [1.807, 2.05) is 0 Å². The SMILES string of the molecule is O=C(Nc1cc(Cl)cc(Cl)c1)NC1CC(O)C1. The van der Waals surface area contributed by atoms with Crippen LogP contribution >= 0.6 is 23.2 Å². The summed E-state index contributed by atoms with van der Waals surface area (Å²) in [4.78, 5) is 11.6. The van der Waals surface area contributed by atoms with Gasteiger partial charge >= 0.3 is 6.03 Å². The van der Waals surface area contributed by atoms with E-state index >= 15 is 0 Å². The number of benzene rings is 1. The van der Waals surface area contributed by atoms with Gasteiger partial charge in [0.2, 0.25) is 0 Å². The Morgan fingerprint density at radius 1 is 1.24 bits per heavy atom. The highest BCUT2D eigenvalue weighted by Gasteiger charge is 2.28. The van der Waals surface area contributed by atoms with Crippen LogP contribution < -0.4 is 10.6 Å². The number of hydrogen-bond acceptors (Lipinski definition) is 2. The largest absolute Gasteiger partial charge is 0.393 e. The van der Waals surface area contributed by atoms with Gasteiger partial charge < -0.3 is 15.7 Å². The van der Waals surface area contributed by atoms with Crippen LogP contribution in [0.25, 0.3) is 0 Å². The van der Waals surface area contributed by atoms with Crippen LogP contribution in [0.3, 0.4) is 0 Å². The van der Waals surface area contributed by atoms with E-state index in [-0.39, 0.29) is 18.2 Å². The number of anilines is 1. The Balaban J connectivity index is 1.89. The average molecular weight is 275 g/mol. The molecule has 1 aliphatic carbocycles. The van der Waals surface area contributed by atoms with Gasteiger partial charge in [0.15, 0.2) is 0 Å². The van der Waals surface area contributed by atoms with Crippen LogP contribution in [0.4, 0.5) is 10.5 Å². The number of carbonyl (C=O) groups is 1. The van der Waals surface area contributed by atoms with Gasteiger partial charge in [-0.15, -0.1) is 0 Å². The van der Waals surface area contributed by atoms with Gasteiger partial charge in [-0.2, -0.15) is 0 Å². The highest BCUT2D eigenvalue weighted by atomic mass is 35.5. The minimum Gasteiger partial charge on any atom is -0.393 e. The molecule has 0 bridgehead atoms. The van der Waals surface area contributed by atoms with Crippen LogP contribution in [-0.2, 0) is 0 Å². The van der Waals surface area contributed by atoms with Crippen molar-refractivity contribution in [2.24, 2.45) is 0 Å². The van der Waals surface area contributed by atoms with E-state index in [2.05, 4.69) is 10.6 Å². The molecule has 17 heavy (non-hydrogen) atoms. The number of aliphatic hydroxyl groups is 1. The lowest BCUT2D eigenvalue weighted by molar-refractivity contribution is 0.0671. The lowest BCUT2D eigenvalue weighted by Crippen LogP contribution is -2.48. The Morgan fingerprint density at radius 3 is 2.35 bits per heavy atom. The zero-order valence-corrected chi connectivity index (χ0v) is 10.4. The van der Waals surface area contributed by atoms with Crippen LogP contribution in [0.1, 0.15) is 12.8 Å². The minimum absolute atomic E-state index is 0.0413. The Kier molecular flexibility index (Phi) is 3.76. The number of rotatable bonds is 2. The molecule has 0 radical (unpaired) electrons. The Morgan fingerprint density at radius 2 is 1.82 bits per heavy atom. The quantitative estimate of drug-likeness (QED) is 0.777. The summed E-state index contributed by atoms with van der Waals surface area (Å²) >= 11 is 11.6. The first-order chi connectivity index (χ1) is 8.02. The van der Waals surface area contributed by atoms with E-state index in [9.17, 15) is 4.79 Å². The summed E-state index contributed by atoms with van der Waals surface area (Å²) in [5.41, 5.74) is 0.542. The third-order valence-corrected chi connectivity index (χ3v) is 3.01. The molecule has 0 atom stereocenters. The maximum atomic E-state index is 11.6. The van der Waals surface area contributed by atoms with Crippen molar-refractivity contribution in [2.45, 2.75) is 25.0 Å². The van der Waals surface area contributed by atoms with Gasteiger partial charge in [-0.25, -0.2) is 4.79 Å². The third kappa shape index (κ3) is 3.49. The van der Waals surface area contributed by atoms with Crippen LogP contribution in [0.2, 0.25) is 10.0 Å². The number of hydrogen-bond donors (Lipinski definition) is 3. The Hall–Kier alpha value is -0.970. The fraction of sp³-hybridized carbons (Fsp3) is 0.364. The normalized spacial score (nSPS) is 22.8. The summed E-state index contributed by atoms with van der Waals surface area (Å²) < 4.78 is 0. The second-order valence-corrected chi connectivity index (χ2v) is 4.95. The number of halogens is 2. The maximum Gasteiger partial charge on any atom is 0.319 e. The third-order valence-electron chi connectivity index (χ3n) is 2.57. The van der Waals surface area contributed by atoms with Gasteiger partial charge in [-0.3, -0.25) is 0 Å². The average Bonchev–Trinajstić information content (AvgIpc) is 2.13. The standard InChI is InChI=1S/C11H12Cl2N2O2/c12-6-1-7(13)3-8(2-6)14-11(17)15-9-4-10(16)5-9/h1-3,9-10,16H,4-5H2,(H2,14,15,17). The molecule has 1 aromatic rings. The predicted molar refractivity (Wildman–Crippen MR) is 67.6 cm³/mol. The molecule has 2 rings (SSSR count). The van der Waals surface area contributed by atoms with Gasteiger partial charge in [0.25, 0.3) is 0 Å². The van der Waals surface area contributed by atoms with Crippen LogP contribution in [0, 0.1) is 0 Å². The summed E-state index contributed by atoms with van der Waals surface area (Å²) in [6.07, 6.45) is 0.911. The molecule has 3 N–H and O–H groups in total. The van der Waals surface area contributed by atoms with Crippen molar-refractivity contribution in [3.05, 3.63) is 28.2 Å². The predicted octanol–water partition coefficient (Wildman–Crippen LogP) is 2.64. The van der Waals surface area contributed by atoms with Crippen LogP contribution in [-0.4, -0.2) is 23.3 Å². The number of nitrogens with one attached hydrogen (secondary N) is 2. The molecule has 6 heteroatoms. The first-order valence-electron chi connectivity index (χ1n) is 5.24. The van der Waals surface area contributed by atoms with Gasteiger partial charge in [0, 0.05) is 21.8 Å². The van der Waals surface area contributed by atoms with E-state index in [1.165, 1.54) is 0 Å². The number of aliphatic hydroxyl groups excluding tert-OH is 1. The molecule has 0 unspecified atom stereocenters. The maximum absolute atomic E-state index is 11.6. The summed E-state index contributed by atoms with van der Waals surface area (Å²) in [6.45, 7) is 0. The molecule has 0 saturated heterocycles. The number of amides is 2. The molecule has 4 nitrogen and oxygen atoms in total. The molecular weight excluding hydrogens is 263 g/mol. The van der Waals surface area contributed by atoms with Gasteiger partial charge in [-0.1, -0.05) is 23.2 Å². The van der Waals surface area contributed by atoms with Gasteiger partial charge in [0.05, 0.1) is 6.10 Å². The topological polar surface area (TPSA) is 61.4 Å². The van der Waals surface area contributed by atoms with Gasteiger partial charge in [0.1, 0.15) is 0 Å². The van der Waals surface area contributed by atoms with Crippen molar-refractivity contribution in [1.29, 1.82) is 0 Å². The van der Waals surface area contributed by atoms with E-state index in [1.54, 1.807) is 18.2 Å². The van der Waals surface area contributed by atoms with E-state index in [0.29, 0.717) is 28.6 Å². The molecule has 92 valence electrons. The molecule has 1 aromatic carbocycles. The fourth-order valence-corrected chi connectivity index (χ4v) is 2.21. The number of urea groups is 1. The Labute approximate surface area is 109 Å². The second kappa shape index (κ2) is 5.12. The summed E-state index contributed by atoms with van der Waals surface area (Å²) in [5.74, 6) is 0. The number of carbonyl (C=O) groups excluding carboxylic acids is 1. The zero-order valence-electron chi connectivity index (χ0n) is 8.91. The molecular formula is C11H12Cl2N2O2. The first-order valence-corrected chi connectivity index (χ1v) is 6.00. The molecule has 1 fully saturated rings. The summed E-state index contributed by atoms with van der Waals surface area (Å²) in [6, 6.07) is 4.54. The van der Waals surface area contributed by atoms with Gasteiger partial charge in [-0.05, 0) is 31.0 Å². The van der Waals surface area contributed by atoms with Crippen molar-refractivity contribution in [2.75, 3.05) is 5.32 Å². The van der Waals surface area contributed by atoms with Crippen LogP contribution in [0.5, 0.6) is 0 Å². The molecule has 0 spiro atoms. The Bertz CT molecular complexity index is 413. The van der Waals surface area contributed by atoms with Crippen molar-refractivity contribution in [3.8, 4) is 0 Å². The fourth-order valence-electron chi connectivity index (χ4n) is 1.68. The van der Waals surface area contributed by atoms with Crippen molar-refractivity contribution in [3.63, 3.8) is 0 Å². The molecule has 0 aliphatic heterocycles. The first kappa shape index (κ1) is 12.5. The van der Waals surface area contributed by atoms with Crippen LogP contribution in [0.15, 0.2) is 18.2 Å². The molecule has 0 heterocycles. The molecule has 1 saturated carbocycles.